The van der Waals surface area contributed by atoms with Gasteiger partial charge in [0.2, 0.25) is 5.91 Å². The van der Waals surface area contributed by atoms with Gasteiger partial charge in [0.1, 0.15) is 5.76 Å². The van der Waals surface area contributed by atoms with E-state index in [0.29, 0.717) is 30.8 Å². The van der Waals surface area contributed by atoms with Crippen LogP contribution < -0.4 is 5.32 Å². The first-order valence-corrected chi connectivity index (χ1v) is 7.21. The van der Waals surface area contributed by atoms with Crippen molar-refractivity contribution in [2.75, 3.05) is 18.9 Å². The van der Waals surface area contributed by atoms with Crippen molar-refractivity contribution in [1.29, 1.82) is 0 Å². The number of furan rings is 1. The lowest BCUT2D eigenvalue weighted by Crippen LogP contribution is -2.24. The standard InChI is InChI=1S/C16H19N3O4/c1-12-10-13(19(21)22)5-6-15(12)17-16(20)7-8-18(2)11-14-4-3-9-23-14/h3-6,9-10H,7-8,11H2,1-2H3,(H,17,20). The lowest BCUT2D eigenvalue weighted by Gasteiger charge is -2.15. The Morgan fingerprint density at radius 2 is 2.17 bits per heavy atom. The van der Waals surface area contributed by atoms with Gasteiger partial charge in [-0.25, -0.2) is 0 Å². The molecule has 0 saturated heterocycles. The predicted molar refractivity (Wildman–Crippen MR) is 86.1 cm³/mol. The summed E-state index contributed by atoms with van der Waals surface area (Å²) >= 11 is 0. The summed E-state index contributed by atoms with van der Waals surface area (Å²) in [7, 11) is 1.91. The first kappa shape index (κ1) is 16.7. The van der Waals surface area contributed by atoms with Crippen LogP contribution in [0.2, 0.25) is 0 Å². The number of hydrogen-bond donors (Lipinski definition) is 1. The molecule has 2 rings (SSSR count). The normalized spacial score (nSPS) is 10.7. The Labute approximate surface area is 134 Å². The molecule has 0 saturated carbocycles. The Bertz CT molecular complexity index is 683. The molecule has 23 heavy (non-hydrogen) atoms. The van der Waals surface area contributed by atoms with Gasteiger partial charge < -0.3 is 9.73 Å². The smallest absolute Gasteiger partial charge is 0.269 e. The number of nitro benzene ring substituents is 1. The third kappa shape index (κ3) is 4.93. The fourth-order valence-corrected chi connectivity index (χ4v) is 2.15. The van der Waals surface area contributed by atoms with Crippen LogP contribution in [-0.4, -0.2) is 29.3 Å². The summed E-state index contributed by atoms with van der Waals surface area (Å²) in [4.78, 5) is 24.2. The maximum absolute atomic E-state index is 12.0. The van der Waals surface area contributed by atoms with Gasteiger partial charge >= 0.3 is 0 Å². The molecule has 7 nitrogen and oxygen atoms in total. The fraction of sp³-hybridized carbons (Fsp3) is 0.312. The summed E-state index contributed by atoms with van der Waals surface area (Å²) in [6.07, 6.45) is 1.95. The highest BCUT2D eigenvalue weighted by atomic mass is 16.6. The number of aryl methyl sites for hydroxylation is 1. The average Bonchev–Trinajstić information content (AvgIpc) is 3.00. The molecular formula is C16H19N3O4. The summed E-state index contributed by atoms with van der Waals surface area (Å²) in [5.41, 5.74) is 1.27. The summed E-state index contributed by atoms with van der Waals surface area (Å²) < 4.78 is 5.26. The quantitative estimate of drug-likeness (QED) is 0.626. The number of hydrogen-bond acceptors (Lipinski definition) is 5. The topological polar surface area (TPSA) is 88.6 Å². The molecule has 1 aromatic heterocycles. The van der Waals surface area contributed by atoms with Crippen LogP contribution in [0, 0.1) is 17.0 Å². The van der Waals surface area contributed by atoms with Crippen LogP contribution in [0.3, 0.4) is 0 Å². The van der Waals surface area contributed by atoms with Gasteiger partial charge in [-0.1, -0.05) is 0 Å². The van der Waals surface area contributed by atoms with Gasteiger partial charge in [0.15, 0.2) is 0 Å². The van der Waals surface area contributed by atoms with Crippen molar-refractivity contribution in [2.45, 2.75) is 19.9 Å². The number of amides is 1. The van der Waals surface area contributed by atoms with E-state index in [0.717, 1.165) is 5.76 Å². The summed E-state index contributed by atoms with van der Waals surface area (Å²) in [5, 5.41) is 13.5. The van der Waals surface area contributed by atoms with Crippen molar-refractivity contribution < 1.29 is 14.1 Å². The second kappa shape index (κ2) is 7.55. The van der Waals surface area contributed by atoms with Crippen molar-refractivity contribution >= 4 is 17.3 Å². The van der Waals surface area contributed by atoms with Crippen LogP contribution in [0.5, 0.6) is 0 Å². The van der Waals surface area contributed by atoms with Crippen LogP contribution in [0.15, 0.2) is 41.0 Å². The van der Waals surface area contributed by atoms with Crippen molar-refractivity contribution in [3.8, 4) is 0 Å². The second-order valence-electron chi connectivity index (χ2n) is 5.37. The van der Waals surface area contributed by atoms with Gasteiger partial charge in [-0.05, 0) is 37.7 Å². The minimum atomic E-state index is -0.456. The molecule has 0 unspecified atom stereocenters. The number of nitrogens with zero attached hydrogens (tertiary/aromatic N) is 2. The van der Waals surface area contributed by atoms with Gasteiger partial charge in [0, 0.05) is 30.8 Å². The Morgan fingerprint density at radius 1 is 1.39 bits per heavy atom. The minimum Gasteiger partial charge on any atom is -0.468 e. The van der Waals surface area contributed by atoms with E-state index in [1.54, 1.807) is 19.3 Å². The molecule has 0 aliphatic heterocycles. The summed E-state index contributed by atoms with van der Waals surface area (Å²) in [6.45, 7) is 2.95. The van der Waals surface area contributed by atoms with Crippen LogP contribution in [0.4, 0.5) is 11.4 Å². The summed E-state index contributed by atoms with van der Waals surface area (Å²) in [5.74, 6) is 0.715. The van der Waals surface area contributed by atoms with Gasteiger partial charge in [0.05, 0.1) is 17.7 Å². The Balaban J connectivity index is 1.83. The van der Waals surface area contributed by atoms with Crippen molar-refractivity contribution in [3.63, 3.8) is 0 Å². The molecule has 7 heteroatoms. The Kier molecular flexibility index (Phi) is 5.48. The van der Waals surface area contributed by atoms with Gasteiger partial charge in [0.25, 0.3) is 5.69 Å². The minimum absolute atomic E-state index is 0.0127. The number of benzene rings is 1. The highest BCUT2D eigenvalue weighted by Gasteiger charge is 2.11. The zero-order valence-electron chi connectivity index (χ0n) is 13.1. The van der Waals surface area contributed by atoms with Crippen molar-refractivity contribution in [2.24, 2.45) is 0 Å². The number of carbonyl (C=O) groups is 1. The predicted octanol–water partition coefficient (Wildman–Crippen LogP) is 2.96. The molecule has 0 fully saturated rings. The molecule has 0 aliphatic carbocycles. The number of rotatable bonds is 7. The van der Waals surface area contributed by atoms with E-state index in [4.69, 9.17) is 4.42 Å². The van der Waals surface area contributed by atoms with Crippen molar-refractivity contribution in [3.05, 3.63) is 58.0 Å². The maximum Gasteiger partial charge on any atom is 0.269 e. The number of nitro groups is 1. The molecule has 1 amide bonds. The van der Waals surface area contributed by atoms with Crippen molar-refractivity contribution in [1.82, 2.24) is 4.90 Å². The number of nitrogens with one attached hydrogen (secondary N) is 1. The molecule has 0 bridgehead atoms. The fourth-order valence-electron chi connectivity index (χ4n) is 2.15. The lowest BCUT2D eigenvalue weighted by molar-refractivity contribution is -0.384. The molecule has 0 radical (unpaired) electrons. The second-order valence-corrected chi connectivity index (χ2v) is 5.37. The van der Waals surface area contributed by atoms with E-state index >= 15 is 0 Å². The molecule has 0 aliphatic rings. The molecule has 1 N–H and O–H groups in total. The molecule has 0 spiro atoms. The van der Waals surface area contributed by atoms with Gasteiger partial charge in [-0.3, -0.25) is 19.8 Å². The average molecular weight is 317 g/mol. The van der Waals surface area contributed by atoms with E-state index in [9.17, 15) is 14.9 Å². The summed E-state index contributed by atoms with van der Waals surface area (Å²) in [6, 6.07) is 8.09. The van der Waals surface area contributed by atoms with Gasteiger partial charge in [-0.15, -0.1) is 0 Å². The van der Waals surface area contributed by atoms with Gasteiger partial charge in [-0.2, -0.15) is 0 Å². The third-order valence-electron chi connectivity index (χ3n) is 3.42. The highest BCUT2D eigenvalue weighted by molar-refractivity contribution is 5.91. The largest absolute Gasteiger partial charge is 0.468 e. The van der Waals surface area contributed by atoms with E-state index in [1.165, 1.54) is 12.1 Å². The van der Waals surface area contributed by atoms with Crippen LogP contribution >= 0.6 is 0 Å². The SMILES string of the molecule is Cc1cc([N+](=O)[O-])ccc1NC(=O)CCN(C)Cc1ccco1. The molecule has 1 aromatic carbocycles. The Hall–Kier alpha value is -2.67. The molecule has 0 atom stereocenters. The zero-order valence-corrected chi connectivity index (χ0v) is 13.1. The number of anilines is 1. The third-order valence-corrected chi connectivity index (χ3v) is 3.42. The molecule has 1 heterocycles. The molecule has 2 aromatic rings. The Morgan fingerprint density at radius 3 is 2.78 bits per heavy atom. The number of carbonyl (C=O) groups excluding carboxylic acids is 1. The maximum atomic E-state index is 12.0. The van der Waals surface area contributed by atoms with Crippen LogP contribution in [0.25, 0.3) is 0 Å². The highest BCUT2D eigenvalue weighted by Crippen LogP contribution is 2.21. The molecular weight excluding hydrogens is 298 g/mol. The first-order chi connectivity index (χ1) is 11.0. The van der Waals surface area contributed by atoms with E-state index in [1.807, 2.05) is 24.1 Å². The van der Waals surface area contributed by atoms with Crippen LogP contribution in [-0.2, 0) is 11.3 Å². The van der Waals surface area contributed by atoms with E-state index in [2.05, 4.69) is 5.32 Å². The molecule has 122 valence electrons. The number of non-ortho nitro benzene ring substituents is 1. The monoisotopic (exact) mass is 317 g/mol. The first-order valence-electron chi connectivity index (χ1n) is 7.21. The zero-order chi connectivity index (χ0) is 16.8. The van der Waals surface area contributed by atoms with E-state index in [-0.39, 0.29) is 11.6 Å². The van der Waals surface area contributed by atoms with E-state index < -0.39 is 4.92 Å². The van der Waals surface area contributed by atoms with Crippen LogP contribution in [0.1, 0.15) is 17.7 Å². The lowest BCUT2D eigenvalue weighted by atomic mass is 10.1.